The Labute approximate surface area is 203 Å². The van der Waals surface area contributed by atoms with Crippen LogP contribution in [0.1, 0.15) is 24.2 Å². The van der Waals surface area contributed by atoms with Crippen molar-refractivity contribution in [1.29, 1.82) is 0 Å². The number of nitrogens with one attached hydrogen (secondary N) is 3. The van der Waals surface area contributed by atoms with Gasteiger partial charge in [0.2, 0.25) is 5.96 Å². The SMILES string of the molecule is CC1=C(C(=O)Nc2nc(CO)cs2)C(c2ccccc2Cl)N=C(Nc2nc3ccccc3o2)N1. The fourth-order valence-electron chi connectivity index (χ4n) is 3.58. The van der Waals surface area contributed by atoms with Crippen molar-refractivity contribution >= 4 is 57.1 Å². The number of aliphatic hydroxyl groups is 1. The Morgan fingerprint density at radius 2 is 2.00 bits per heavy atom. The average Bonchev–Trinajstić information content (AvgIpc) is 3.44. The number of anilines is 2. The van der Waals surface area contributed by atoms with Crippen LogP contribution in [0.2, 0.25) is 5.02 Å². The second-order valence-corrected chi connectivity index (χ2v) is 8.70. The first-order valence-corrected chi connectivity index (χ1v) is 11.6. The first-order valence-electron chi connectivity index (χ1n) is 10.3. The highest BCUT2D eigenvalue weighted by Gasteiger charge is 2.31. The topological polar surface area (TPSA) is 125 Å². The van der Waals surface area contributed by atoms with Gasteiger partial charge in [0.05, 0.1) is 17.9 Å². The molecule has 0 saturated carbocycles. The Balaban J connectivity index is 1.48. The molecule has 1 aliphatic rings. The summed E-state index contributed by atoms with van der Waals surface area (Å²) in [4.78, 5) is 26.6. The number of hydrogen-bond donors (Lipinski definition) is 4. The van der Waals surface area contributed by atoms with Crippen LogP contribution in [0.25, 0.3) is 11.1 Å². The van der Waals surface area contributed by atoms with Crippen LogP contribution in [-0.4, -0.2) is 26.9 Å². The number of aliphatic imine (C=N–C) groups is 1. The van der Waals surface area contributed by atoms with Crippen molar-refractivity contribution in [3.63, 3.8) is 0 Å². The lowest BCUT2D eigenvalue weighted by atomic mass is 9.95. The quantitative estimate of drug-likeness (QED) is 0.323. The summed E-state index contributed by atoms with van der Waals surface area (Å²) in [6, 6.07) is 14.2. The molecule has 0 spiro atoms. The van der Waals surface area contributed by atoms with Crippen molar-refractivity contribution in [3.8, 4) is 0 Å². The molecular weight excluding hydrogens is 476 g/mol. The van der Waals surface area contributed by atoms with E-state index in [2.05, 4.69) is 25.9 Å². The van der Waals surface area contributed by atoms with Crippen LogP contribution in [0.15, 0.2) is 74.6 Å². The molecule has 34 heavy (non-hydrogen) atoms. The van der Waals surface area contributed by atoms with Crippen LogP contribution in [0.3, 0.4) is 0 Å². The third kappa shape index (κ3) is 4.38. The number of oxazole rings is 1. The second kappa shape index (κ2) is 9.26. The van der Waals surface area contributed by atoms with Gasteiger partial charge in [0.25, 0.3) is 5.91 Å². The summed E-state index contributed by atoms with van der Waals surface area (Å²) in [7, 11) is 0. The van der Waals surface area contributed by atoms with Gasteiger partial charge in [-0.3, -0.25) is 15.4 Å². The normalized spacial score (nSPS) is 15.7. The second-order valence-electron chi connectivity index (χ2n) is 7.43. The lowest BCUT2D eigenvalue weighted by molar-refractivity contribution is -0.113. The molecule has 11 heteroatoms. The number of carbonyl (C=O) groups excluding carboxylic acids is 1. The summed E-state index contributed by atoms with van der Waals surface area (Å²) < 4.78 is 5.75. The van der Waals surface area contributed by atoms with Crippen LogP contribution in [0.4, 0.5) is 11.1 Å². The van der Waals surface area contributed by atoms with Gasteiger partial charge in [-0.2, -0.15) is 4.98 Å². The number of benzene rings is 2. The molecule has 0 saturated heterocycles. The number of amides is 1. The van der Waals surface area contributed by atoms with Gasteiger partial charge in [-0.05, 0) is 25.1 Å². The zero-order valence-corrected chi connectivity index (χ0v) is 19.4. The minimum Gasteiger partial charge on any atom is -0.423 e. The number of rotatable bonds is 5. The van der Waals surface area contributed by atoms with Gasteiger partial charge in [0.1, 0.15) is 11.6 Å². The predicted molar refractivity (Wildman–Crippen MR) is 132 cm³/mol. The maximum Gasteiger partial charge on any atom is 0.302 e. The van der Waals surface area contributed by atoms with E-state index in [0.717, 1.165) is 0 Å². The number of halogens is 1. The predicted octanol–water partition coefficient (Wildman–Crippen LogP) is 4.46. The molecule has 2 aromatic heterocycles. The number of aliphatic hydroxyl groups excluding tert-OH is 1. The van der Waals surface area contributed by atoms with Crippen LogP contribution in [-0.2, 0) is 11.4 Å². The number of para-hydroxylation sites is 2. The molecule has 1 amide bonds. The number of allylic oxidation sites excluding steroid dienone is 1. The lowest BCUT2D eigenvalue weighted by Gasteiger charge is -2.26. The highest BCUT2D eigenvalue weighted by atomic mass is 35.5. The fraction of sp³-hybridized carbons (Fsp3) is 0.130. The van der Waals surface area contributed by atoms with Crippen LogP contribution < -0.4 is 16.0 Å². The van der Waals surface area contributed by atoms with Gasteiger partial charge in [0.15, 0.2) is 10.7 Å². The summed E-state index contributed by atoms with van der Waals surface area (Å²) in [5.74, 6) is -0.0132. The molecule has 0 radical (unpaired) electrons. The van der Waals surface area contributed by atoms with E-state index in [0.29, 0.717) is 49.7 Å². The molecule has 1 aliphatic heterocycles. The summed E-state index contributed by atoms with van der Waals surface area (Å²) in [6.45, 7) is 1.58. The van der Waals surface area contributed by atoms with E-state index in [1.165, 1.54) is 11.3 Å². The number of carbonyl (C=O) groups is 1. The number of hydrogen-bond acceptors (Lipinski definition) is 9. The summed E-state index contributed by atoms with van der Waals surface area (Å²) >= 11 is 7.72. The van der Waals surface area contributed by atoms with E-state index >= 15 is 0 Å². The van der Waals surface area contributed by atoms with Gasteiger partial charge in [-0.15, -0.1) is 11.3 Å². The van der Waals surface area contributed by atoms with Gasteiger partial charge < -0.3 is 14.8 Å². The third-order valence-electron chi connectivity index (χ3n) is 5.14. The summed E-state index contributed by atoms with van der Waals surface area (Å²) in [5, 5.41) is 20.8. The molecule has 4 aromatic rings. The number of thiazole rings is 1. The fourth-order valence-corrected chi connectivity index (χ4v) is 4.52. The molecular formula is C23H19ClN6O3S. The molecule has 2 aromatic carbocycles. The summed E-state index contributed by atoms with van der Waals surface area (Å²) in [5.41, 5.74) is 3.47. The largest absolute Gasteiger partial charge is 0.423 e. The van der Waals surface area contributed by atoms with E-state index in [9.17, 15) is 9.90 Å². The minimum absolute atomic E-state index is 0.201. The Hall–Kier alpha value is -3.73. The third-order valence-corrected chi connectivity index (χ3v) is 6.29. The Kier molecular flexibility index (Phi) is 6.01. The lowest BCUT2D eigenvalue weighted by Crippen LogP contribution is -2.37. The van der Waals surface area contributed by atoms with E-state index in [1.54, 1.807) is 18.4 Å². The van der Waals surface area contributed by atoms with E-state index in [4.69, 9.17) is 21.0 Å². The zero-order chi connectivity index (χ0) is 23.7. The molecule has 9 nitrogen and oxygen atoms in total. The van der Waals surface area contributed by atoms with Crippen LogP contribution in [0, 0.1) is 0 Å². The van der Waals surface area contributed by atoms with Crippen molar-refractivity contribution < 1.29 is 14.3 Å². The van der Waals surface area contributed by atoms with E-state index in [-0.39, 0.29) is 18.5 Å². The smallest absolute Gasteiger partial charge is 0.302 e. The highest BCUT2D eigenvalue weighted by Crippen LogP contribution is 2.35. The van der Waals surface area contributed by atoms with Gasteiger partial charge in [-0.1, -0.05) is 41.9 Å². The van der Waals surface area contributed by atoms with Crippen molar-refractivity contribution in [2.24, 2.45) is 4.99 Å². The Morgan fingerprint density at radius 3 is 2.76 bits per heavy atom. The molecule has 0 fully saturated rings. The Bertz CT molecular complexity index is 1410. The molecule has 4 N–H and O–H groups in total. The maximum atomic E-state index is 13.3. The van der Waals surface area contributed by atoms with Crippen molar-refractivity contribution in [3.05, 3.63) is 81.5 Å². The molecule has 1 unspecified atom stereocenters. The van der Waals surface area contributed by atoms with Crippen LogP contribution >= 0.6 is 22.9 Å². The molecule has 5 rings (SSSR count). The molecule has 172 valence electrons. The minimum atomic E-state index is -0.695. The van der Waals surface area contributed by atoms with Gasteiger partial charge in [0, 0.05) is 21.7 Å². The number of nitrogens with zero attached hydrogens (tertiary/aromatic N) is 3. The number of guanidine groups is 1. The average molecular weight is 495 g/mol. The van der Waals surface area contributed by atoms with E-state index < -0.39 is 6.04 Å². The molecule has 0 aliphatic carbocycles. The molecule has 0 bridgehead atoms. The van der Waals surface area contributed by atoms with Crippen molar-refractivity contribution in [2.75, 3.05) is 10.6 Å². The standard InChI is InChI=1S/C23H19ClN6O3S/c1-12-18(20(32)29-23-26-13(10-31)11-34-23)19(14-6-2-3-7-15(14)24)28-21(25-12)30-22-27-16-8-4-5-9-17(16)33-22/h2-9,11,19,31H,10H2,1H3,(H,26,29,32)(H2,25,27,28,30). The number of fused-ring (bicyclic) bond motifs is 1. The van der Waals surface area contributed by atoms with Gasteiger partial charge >= 0.3 is 6.01 Å². The highest BCUT2D eigenvalue weighted by molar-refractivity contribution is 7.14. The summed E-state index contributed by atoms with van der Waals surface area (Å²) in [6.07, 6.45) is 0. The Morgan fingerprint density at radius 1 is 1.21 bits per heavy atom. The molecule has 3 heterocycles. The monoisotopic (exact) mass is 494 g/mol. The van der Waals surface area contributed by atoms with Crippen molar-refractivity contribution in [1.82, 2.24) is 15.3 Å². The first-order chi connectivity index (χ1) is 16.5. The first kappa shape index (κ1) is 22.1. The van der Waals surface area contributed by atoms with E-state index in [1.807, 2.05) is 42.5 Å². The maximum absolute atomic E-state index is 13.3. The van der Waals surface area contributed by atoms with Crippen molar-refractivity contribution in [2.45, 2.75) is 19.6 Å². The zero-order valence-electron chi connectivity index (χ0n) is 17.9. The van der Waals surface area contributed by atoms with Crippen LogP contribution in [0.5, 0.6) is 0 Å². The number of aromatic nitrogens is 2. The van der Waals surface area contributed by atoms with Gasteiger partial charge in [-0.25, -0.2) is 9.98 Å². The molecule has 1 atom stereocenters.